The molecule has 30 heavy (non-hydrogen) atoms. The van der Waals surface area contributed by atoms with E-state index in [-0.39, 0.29) is 12.4 Å². The van der Waals surface area contributed by atoms with Crippen LogP contribution in [-0.2, 0) is 22.7 Å². The van der Waals surface area contributed by atoms with Crippen LogP contribution in [0.3, 0.4) is 0 Å². The average Bonchev–Trinajstić information content (AvgIpc) is 3.20. The van der Waals surface area contributed by atoms with Crippen molar-refractivity contribution in [3.8, 4) is 5.75 Å². The van der Waals surface area contributed by atoms with Gasteiger partial charge >= 0.3 is 11.9 Å². The topological polar surface area (TPSA) is 75.0 Å². The highest BCUT2D eigenvalue weighted by Gasteiger charge is 2.14. The zero-order chi connectivity index (χ0) is 21.7. The van der Waals surface area contributed by atoms with Gasteiger partial charge in [-0.05, 0) is 86.3 Å². The van der Waals surface area contributed by atoms with Crippen molar-refractivity contribution >= 4 is 43.8 Å². The van der Waals surface area contributed by atoms with Gasteiger partial charge in [-0.25, -0.2) is 9.59 Å². The smallest absolute Gasteiger partial charge is 0.373 e. The summed E-state index contributed by atoms with van der Waals surface area (Å²) in [4.78, 5) is 23.6. The van der Waals surface area contributed by atoms with Crippen molar-refractivity contribution in [2.24, 2.45) is 0 Å². The minimum atomic E-state index is -0.588. The molecule has 0 saturated heterocycles. The Balaban J connectivity index is 1.55. The Morgan fingerprint density at radius 2 is 1.60 bits per heavy atom. The largest absolute Gasteiger partial charge is 0.487 e. The van der Waals surface area contributed by atoms with Gasteiger partial charge in [0.2, 0.25) is 5.76 Å². The third-order valence-corrected chi connectivity index (χ3v) is 5.29. The first-order chi connectivity index (χ1) is 14.4. The molecule has 0 atom stereocenters. The number of hydrogen-bond acceptors (Lipinski definition) is 6. The van der Waals surface area contributed by atoms with Crippen molar-refractivity contribution in [2.45, 2.75) is 20.1 Å². The van der Waals surface area contributed by atoms with E-state index in [1.165, 1.54) is 13.2 Å². The lowest BCUT2D eigenvalue weighted by Crippen LogP contribution is -2.05. The van der Waals surface area contributed by atoms with E-state index in [2.05, 4.69) is 36.6 Å². The van der Waals surface area contributed by atoms with E-state index in [1.54, 1.807) is 30.3 Å². The SMILES string of the molecule is COC(=O)c1ccc(COC(=O)c2ccc(COc3c(Br)cc(C)cc3Br)cc2)o1. The van der Waals surface area contributed by atoms with Gasteiger partial charge < -0.3 is 18.6 Å². The van der Waals surface area contributed by atoms with Gasteiger partial charge in [0.25, 0.3) is 0 Å². The Hall–Kier alpha value is -2.58. The fourth-order valence-electron chi connectivity index (χ4n) is 2.60. The normalized spacial score (nSPS) is 10.5. The van der Waals surface area contributed by atoms with E-state index in [0.29, 0.717) is 23.7 Å². The second kappa shape index (κ2) is 9.95. The molecule has 0 unspecified atom stereocenters. The van der Waals surface area contributed by atoms with Gasteiger partial charge in [-0.3, -0.25) is 0 Å². The molecular formula is C22H18Br2O6. The van der Waals surface area contributed by atoms with Gasteiger partial charge in [-0.1, -0.05) is 12.1 Å². The van der Waals surface area contributed by atoms with Crippen LogP contribution in [0.5, 0.6) is 5.75 Å². The molecule has 1 aromatic heterocycles. The molecule has 6 nitrogen and oxygen atoms in total. The van der Waals surface area contributed by atoms with Crippen molar-refractivity contribution in [2.75, 3.05) is 7.11 Å². The highest BCUT2D eigenvalue weighted by molar-refractivity contribution is 9.11. The number of rotatable bonds is 7. The van der Waals surface area contributed by atoms with E-state index in [9.17, 15) is 9.59 Å². The molecule has 0 bridgehead atoms. The molecule has 1 heterocycles. The summed E-state index contributed by atoms with van der Waals surface area (Å²) in [5.41, 5.74) is 2.41. The van der Waals surface area contributed by atoms with E-state index in [0.717, 1.165) is 20.1 Å². The number of hydrogen-bond donors (Lipinski definition) is 0. The molecule has 3 rings (SSSR count). The number of esters is 2. The lowest BCUT2D eigenvalue weighted by molar-refractivity contribution is 0.0438. The van der Waals surface area contributed by atoms with Crippen LogP contribution in [0.25, 0.3) is 0 Å². The van der Waals surface area contributed by atoms with E-state index < -0.39 is 11.9 Å². The summed E-state index contributed by atoms with van der Waals surface area (Å²) in [5, 5.41) is 0. The number of benzene rings is 2. The molecule has 0 N–H and O–H groups in total. The number of carbonyl (C=O) groups excluding carboxylic acids is 2. The van der Waals surface area contributed by atoms with Crippen LogP contribution < -0.4 is 4.74 Å². The molecule has 156 valence electrons. The second-order valence-corrected chi connectivity index (χ2v) is 8.09. The number of methoxy groups -OCH3 is 1. The van der Waals surface area contributed by atoms with Gasteiger partial charge in [0.15, 0.2) is 0 Å². The van der Waals surface area contributed by atoms with E-state index in [4.69, 9.17) is 13.9 Å². The maximum absolute atomic E-state index is 12.2. The van der Waals surface area contributed by atoms with Gasteiger partial charge in [-0.15, -0.1) is 0 Å². The molecular weight excluding hydrogens is 520 g/mol. The Morgan fingerprint density at radius 3 is 2.23 bits per heavy atom. The van der Waals surface area contributed by atoms with E-state index >= 15 is 0 Å². The highest BCUT2D eigenvalue weighted by atomic mass is 79.9. The minimum absolute atomic E-state index is 0.0553. The molecule has 0 amide bonds. The molecule has 0 fully saturated rings. The first-order valence-corrected chi connectivity index (χ1v) is 10.5. The fourth-order valence-corrected chi connectivity index (χ4v) is 4.25. The van der Waals surface area contributed by atoms with Gasteiger partial charge in [0.1, 0.15) is 24.7 Å². The molecule has 0 aliphatic carbocycles. The van der Waals surface area contributed by atoms with Crippen LogP contribution in [0, 0.1) is 6.92 Å². The van der Waals surface area contributed by atoms with E-state index in [1.807, 2.05) is 19.1 Å². The van der Waals surface area contributed by atoms with Crippen LogP contribution in [0.4, 0.5) is 0 Å². The Morgan fingerprint density at radius 1 is 0.933 bits per heavy atom. The summed E-state index contributed by atoms with van der Waals surface area (Å²) >= 11 is 7.01. The van der Waals surface area contributed by atoms with Gasteiger partial charge in [-0.2, -0.15) is 0 Å². The Labute approximate surface area is 190 Å². The van der Waals surface area contributed by atoms with Crippen LogP contribution >= 0.6 is 31.9 Å². The van der Waals surface area contributed by atoms with Crippen LogP contribution in [0.15, 0.2) is 61.9 Å². The highest BCUT2D eigenvalue weighted by Crippen LogP contribution is 2.35. The fraction of sp³-hybridized carbons (Fsp3) is 0.182. The molecule has 0 spiro atoms. The second-order valence-electron chi connectivity index (χ2n) is 6.38. The quantitative estimate of drug-likeness (QED) is 0.353. The van der Waals surface area contributed by atoms with Crippen LogP contribution in [0.1, 0.15) is 37.8 Å². The number of carbonyl (C=O) groups is 2. The summed E-state index contributed by atoms with van der Waals surface area (Å²) in [5.74, 6) is 0.0363. The molecule has 0 aliphatic heterocycles. The summed E-state index contributed by atoms with van der Waals surface area (Å²) in [6.45, 7) is 2.26. The third-order valence-electron chi connectivity index (χ3n) is 4.11. The monoisotopic (exact) mass is 536 g/mol. The zero-order valence-corrected chi connectivity index (χ0v) is 19.4. The van der Waals surface area contributed by atoms with Crippen LogP contribution in [0.2, 0.25) is 0 Å². The summed E-state index contributed by atoms with van der Waals surface area (Å²) in [6, 6.07) is 13.9. The minimum Gasteiger partial charge on any atom is -0.487 e. The lowest BCUT2D eigenvalue weighted by atomic mass is 10.1. The molecule has 8 heteroatoms. The molecule has 2 aromatic carbocycles. The maximum atomic E-state index is 12.2. The zero-order valence-electron chi connectivity index (χ0n) is 16.2. The maximum Gasteiger partial charge on any atom is 0.373 e. The Bertz CT molecular complexity index is 1030. The summed E-state index contributed by atoms with van der Waals surface area (Å²) < 4.78 is 22.7. The third kappa shape index (κ3) is 5.52. The van der Waals surface area contributed by atoms with Gasteiger partial charge in [0, 0.05) is 0 Å². The first kappa shape index (κ1) is 22.1. The number of ether oxygens (including phenoxy) is 3. The number of halogens is 2. The van der Waals surface area contributed by atoms with Gasteiger partial charge in [0.05, 0.1) is 21.6 Å². The summed E-state index contributed by atoms with van der Waals surface area (Å²) in [6.07, 6.45) is 0. The van der Waals surface area contributed by atoms with Crippen molar-refractivity contribution < 1.29 is 28.2 Å². The van der Waals surface area contributed by atoms with Crippen molar-refractivity contribution in [3.05, 3.63) is 85.7 Å². The molecule has 0 saturated carbocycles. The molecule has 0 aliphatic rings. The number of aryl methyl sites for hydroxylation is 1. The number of furan rings is 1. The molecule has 0 radical (unpaired) electrons. The van der Waals surface area contributed by atoms with Crippen molar-refractivity contribution in [3.63, 3.8) is 0 Å². The van der Waals surface area contributed by atoms with Crippen molar-refractivity contribution in [1.82, 2.24) is 0 Å². The average molecular weight is 538 g/mol. The predicted octanol–water partition coefficient (Wildman–Crippen LogP) is 5.84. The predicted molar refractivity (Wildman–Crippen MR) is 117 cm³/mol. The lowest BCUT2D eigenvalue weighted by Gasteiger charge is -2.11. The first-order valence-electron chi connectivity index (χ1n) is 8.89. The molecule has 3 aromatic rings. The van der Waals surface area contributed by atoms with Crippen LogP contribution in [-0.4, -0.2) is 19.0 Å². The standard InChI is InChI=1S/C22H18Br2O6/c1-13-9-17(23)20(18(24)10-13)28-11-14-3-5-15(6-4-14)21(25)29-12-16-7-8-19(30-16)22(26)27-2/h3-10H,11-12H2,1-2H3. The Kier molecular flexibility index (Phi) is 7.33. The van der Waals surface area contributed by atoms with Crippen molar-refractivity contribution in [1.29, 1.82) is 0 Å². The summed E-state index contributed by atoms with van der Waals surface area (Å²) in [7, 11) is 1.26.